The number of benzene rings is 2. The molecule has 186 valence electrons. The van der Waals surface area contributed by atoms with Gasteiger partial charge in [0, 0.05) is 19.6 Å². The number of amides is 2. The zero-order valence-electron chi connectivity index (χ0n) is 21.0. The van der Waals surface area contributed by atoms with Crippen molar-refractivity contribution in [2.24, 2.45) is 0 Å². The molecule has 0 radical (unpaired) electrons. The van der Waals surface area contributed by atoms with Crippen LogP contribution in [0.4, 0.5) is 0 Å². The van der Waals surface area contributed by atoms with Gasteiger partial charge < -0.3 is 10.2 Å². The molecule has 1 N–H and O–H groups in total. The second-order valence-electron chi connectivity index (χ2n) is 8.83. The summed E-state index contributed by atoms with van der Waals surface area (Å²) < 4.78 is 27.1. The number of hydrogen-bond donors (Lipinski definition) is 1. The van der Waals surface area contributed by atoms with E-state index in [-0.39, 0.29) is 29.9 Å². The minimum absolute atomic E-state index is 0.0259. The van der Waals surface area contributed by atoms with E-state index in [9.17, 15) is 18.0 Å². The Bertz CT molecular complexity index is 1080. The molecule has 7 nitrogen and oxygen atoms in total. The molecule has 2 atom stereocenters. The van der Waals surface area contributed by atoms with Gasteiger partial charge in [-0.1, -0.05) is 61.4 Å². The fourth-order valence-electron chi connectivity index (χ4n) is 3.62. The maximum Gasteiger partial charge on any atom is 0.243 e. The van der Waals surface area contributed by atoms with Gasteiger partial charge in [0.2, 0.25) is 21.8 Å². The van der Waals surface area contributed by atoms with Gasteiger partial charge in [0.1, 0.15) is 6.04 Å². The van der Waals surface area contributed by atoms with E-state index in [0.717, 1.165) is 27.4 Å². The van der Waals surface area contributed by atoms with Crippen molar-refractivity contribution in [3.63, 3.8) is 0 Å². The van der Waals surface area contributed by atoms with Crippen molar-refractivity contribution in [3.8, 4) is 0 Å². The highest BCUT2D eigenvalue weighted by Crippen LogP contribution is 2.18. The molecule has 0 aliphatic heterocycles. The van der Waals surface area contributed by atoms with Crippen LogP contribution in [-0.2, 0) is 26.2 Å². The minimum Gasteiger partial charge on any atom is -0.352 e. The molecule has 8 heteroatoms. The molecule has 0 aliphatic carbocycles. The molecule has 0 heterocycles. The molecule has 34 heavy (non-hydrogen) atoms. The van der Waals surface area contributed by atoms with E-state index >= 15 is 0 Å². The van der Waals surface area contributed by atoms with Crippen molar-refractivity contribution in [2.75, 3.05) is 13.6 Å². The average Bonchev–Trinajstić information content (AvgIpc) is 2.79. The summed E-state index contributed by atoms with van der Waals surface area (Å²) >= 11 is 0. The zero-order chi connectivity index (χ0) is 25.5. The number of sulfonamides is 1. The molecular weight excluding hydrogens is 450 g/mol. The maximum atomic E-state index is 13.5. The van der Waals surface area contributed by atoms with Crippen LogP contribution in [0.1, 0.15) is 50.3 Å². The Morgan fingerprint density at radius 3 is 2.18 bits per heavy atom. The molecule has 0 bridgehead atoms. The Labute approximate surface area is 204 Å². The summed E-state index contributed by atoms with van der Waals surface area (Å²) in [6.07, 6.45) is 1.18. The Kier molecular flexibility index (Phi) is 9.82. The third-order valence-corrected chi connectivity index (χ3v) is 7.73. The topological polar surface area (TPSA) is 86.8 Å². The summed E-state index contributed by atoms with van der Waals surface area (Å²) in [6.45, 7) is 9.43. The third-order valence-electron chi connectivity index (χ3n) is 5.91. The molecule has 2 aromatic carbocycles. The summed E-state index contributed by atoms with van der Waals surface area (Å²) in [5.41, 5.74) is 2.87. The summed E-state index contributed by atoms with van der Waals surface area (Å²) in [4.78, 5) is 28.1. The van der Waals surface area contributed by atoms with Gasteiger partial charge in [-0.3, -0.25) is 9.59 Å². The van der Waals surface area contributed by atoms with Crippen molar-refractivity contribution in [1.82, 2.24) is 14.5 Å². The van der Waals surface area contributed by atoms with Crippen LogP contribution in [0.25, 0.3) is 0 Å². The van der Waals surface area contributed by atoms with Gasteiger partial charge in [-0.05, 0) is 51.3 Å². The van der Waals surface area contributed by atoms with E-state index in [1.807, 2.05) is 58.9 Å². The molecule has 0 aliphatic rings. The lowest BCUT2D eigenvalue weighted by Gasteiger charge is -2.32. The Morgan fingerprint density at radius 1 is 0.971 bits per heavy atom. The molecule has 0 spiro atoms. The van der Waals surface area contributed by atoms with E-state index in [1.54, 1.807) is 12.1 Å². The molecular formula is C26H37N3O4S. The monoisotopic (exact) mass is 487 g/mol. The number of nitrogens with zero attached hydrogens (tertiary/aromatic N) is 2. The quantitative estimate of drug-likeness (QED) is 0.524. The first-order valence-corrected chi connectivity index (χ1v) is 13.1. The second-order valence-corrected chi connectivity index (χ2v) is 10.9. The van der Waals surface area contributed by atoms with Gasteiger partial charge in [-0.25, -0.2) is 8.42 Å². The fourth-order valence-corrected chi connectivity index (χ4v) is 4.74. The van der Waals surface area contributed by atoms with Gasteiger partial charge in [0.15, 0.2) is 0 Å². The number of nitrogens with one attached hydrogen (secondary N) is 1. The summed E-state index contributed by atoms with van der Waals surface area (Å²) in [6, 6.07) is 13.5. The van der Waals surface area contributed by atoms with Gasteiger partial charge in [0.25, 0.3) is 0 Å². The zero-order valence-corrected chi connectivity index (χ0v) is 21.9. The molecule has 0 saturated carbocycles. The number of carbonyl (C=O) groups is 2. The van der Waals surface area contributed by atoms with Gasteiger partial charge in [-0.2, -0.15) is 4.31 Å². The first kappa shape index (κ1) is 27.5. The molecule has 0 aromatic heterocycles. The predicted octanol–water partition coefficient (Wildman–Crippen LogP) is 3.65. The Hall–Kier alpha value is -2.71. The van der Waals surface area contributed by atoms with Crippen LogP contribution in [0.15, 0.2) is 53.4 Å². The average molecular weight is 488 g/mol. The van der Waals surface area contributed by atoms with Crippen LogP contribution in [0.5, 0.6) is 0 Å². The number of aryl methyl sites for hydroxylation is 2. The number of likely N-dealkylation sites (N-methyl/N-ethyl adjacent to an activating group) is 1. The maximum absolute atomic E-state index is 13.5. The lowest BCUT2D eigenvalue weighted by Crippen LogP contribution is -2.53. The van der Waals surface area contributed by atoms with Crippen LogP contribution in [0.3, 0.4) is 0 Å². The van der Waals surface area contributed by atoms with E-state index in [2.05, 4.69) is 5.32 Å². The largest absolute Gasteiger partial charge is 0.352 e. The normalized spacial score (nSPS) is 13.4. The minimum atomic E-state index is -3.85. The fraction of sp³-hybridized carbons (Fsp3) is 0.462. The lowest BCUT2D eigenvalue weighted by molar-refractivity contribution is -0.141. The number of rotatable bonds is 11. The lowest BCUT2D eigenvalue weighted by atomic mass is 10.1. The van der Waals surface area contributed by atoms with E-state index in [1.165, 1.54) is 24.1 Å². The van der Waals surface area contributed by atoms with Crippen LogP contribution in [0, 0.1) is 13.8 Å². The van der Waals surface area contributed by atoms with E-state index in [4.69, 9.17) is 0 Å². The van der Waals surface area contributed by atoms with Crippen molar-refractivity contribution in [2.45, 2.75) is 71.0 Å². The SMILES string of the molecule is CC[C@@H](C)NC(=O)[C@@H](CC)N(Cc1cccc(C)c1)C(=O)CN(C)S(=O)(=O)c1ccc(C)cc1. The summed E-state index contributed by atoms with van der Waals surface area (Å²) in [5.74, 6) is -0.659. The van der Waals surface area contributed by atoms with E-state index in [0.29, 0.717) is 6.42 Å². The predicted molar refractivity (Wildman–Crippen MR) is 135 cm³/mol. The highest BCUT2D eigenvalue weighted by atomic mass is 32.2. The van der Waals surface area contributed by atoms with Gasteiger partial charge in [-0.15, -0.1) is 0 Å². The molecule has 0 fully saturated rings. The summed E-state index contributed by atoms with van der Waals surface area (Å²) in [7, 11) is -2.47. The van der Waals surface area contributed by atoms with Gasteiger partial charge >= 0.3 is 0 Å². The van der Waals surface area contributed by atoms with Crippen LogP contribution >= 0.6 is 0 Å². The molecule has 2 rings (SSSR count). The first-order valence-electron chi connectivity index (χ1n) is 11.7. The molecule has 2 aromatic rings. The van der Waals surface area contributed by atoms with Crippen molar-refractivity contribution >= 4 is 21.8 Å². The third kappa shape index (κ3) is 7.14. The van der Waals surface area contributed by atoms with Crippen molar-refractivity contribution < 1.29 is 18.0 Å². The standard InChI is InChI=1S/C26H37N3O4S/c1-7-21(5)27-26(31)24(8-2)29(17-22-11-9-10-20(4)16-22)25(30)18-28(6)34(32,33)23-14-12-19(3)13-15-23/h9-16,21,24H,7-8,17-18H2,1-6H3,(H,27,31)/t21-,24-/m1/s1. The molecule has 0 saturated heterocycles. The Balaban J connectivity index is 2.33. The first-order chi connectivity index (χ1) is 16.0. The van der Waals surface area contributed by atoms with Crippen LogP contribution < -0.4 is 5.32 Å². The van der Waals surface area contributed by atoms with Gasteiger partial charge in [0.05, 0.1) is 11.4 Å². The van der Waals surface area contributed by atoms with Crippen LogP contribution in [0.2, 0.25) is 0 Å². The Morgan fingerprint density at radius 2 is 1.62 bits per heavy atom. The van der Waals surface area contributed by atoms with Crippen molar-refractivity contribution in [3.05, 3.63) is 65.2 Å². The number of hydrogen-bond acceptors (Lipinski definition) is 4. The molecule has 0 unspecified atom stereocenters. The highest BCUT2D eigenvalue weighted by Gasteiger charge is 2.32. The van der Waals surface area contributed by atoms with Crippen molar-refractivity contribution in [1.29, 1.82) is 0 Å². The smallest absolute Gasteiger partial charge is 0.243 e. The number of carbonyl (C=O) groups excluding carboxylic acids is 2. The van der Waals surface area contributed by atoms with Crippen LogP contribution in [-0.4, -0.2) is 55.1 Å². The van der Waals surface area contributed by atoms with E-state index < -0.39 is 22.0 Å². The second kappa shape index (κ2) is 12.1. The highest BCUT2D eigenvalue weighted by molar-refractivity contribution is 7.89. The molecule has 2 amide bonds. The summed E-state index contributed by atoms with van der Waals surface area (Å²) in [5, 5.41) is 2.96.